The van der Waals surface area contributed by atoms with Crippen LogP contribution in [0.1, 0.15) is 0 Å². The molecular formula is C9H14N2O2S2. The highest BCUT2D eigenvalue weighted by Crippen LogP contribution is 2.19. The van der Waals surface area contributed by atoms with E-state index in [-0.39, 0.29) is 12.3 Å². The van der Waals surface area contributed by atoms with Gasteiger partial charge in [-0.1, -0.05) is 6.07 Å². The topological polar surface area (TPSA) is 72.2 Å². The monoisotopic (exact) mass is 246 g/mol. The summed E-state index contributed by atoms with van der Waals surface area (Å²) in [6, 6.07) is 7.24. The normalized spacial score (nSPS) is 11.3. The van der Waals surface area contributed by atoms with E-state index in [9.17, 15) is 8.42 Å². The molecule has 15 heavy (non-hydrogen) atoms. The number of nitrogens with one attached hydrogen (secondary N) is 1. The van der Waals surface area contributed by atoms with Gasteiger partial charge in [0.25, 0.3) is 0 Å². The van der Waals surface area contributed by atoms with E-state index >= 15 is 0 Å². The van der Waals surface area contributed by atoms with E-state index in [1.807, 2.05) is 18.4 Å². The molecule has 0 aliphatic heterocycles. The number of anilines is 1. The van der Waals surface area contributed by atoms with Crippen LogP contribution in [0, 0.1) is 0 Å². The molecule has 0 unspecified atom stereocenters. The van der Waals surface area contributed by atoms with Crippen LogP contribution in [-0.2, 0) is 10.0 Å². The SMILES string of the molecule is CSc1cccc(NS(=O)(=O)CCN)c1. The van der Waals surface area contributed by atoms with Crippen LogP contribution in [0.5, 0.6) is 0 Å². The van der Waals surface area contributed by atoms with E-state index in [4.69, 9.17) is 5.73 Å². The molecule has 3 N–H and O–H groups in total. The number of nitrogens with two attached hydrogens (primary N) is 1. The lowest BCUT2D eigenvalue weighted by molar-refractivity contribution is 0.601. The first-order chi connectivity index (χ1) is 7.07. The quantitative estimate of drug-likeness (QED) is 0.763. The van der Waals surface area contributed by atoms with E-state index in [1.165, 1.54) is 0 Å². The molecule has 1 aromatic rings. The fourth-order valence-corrected chi connectivity index (χ4v) is 2.43. The van der Waals surface area contributed by atoms with Crippen molar-refractivity contribution in [3.8, 4) is 0 Å². The summed E-state index contributed by atoms with van der Waals surface area (Å²) in [5, 5.41) is 0. The Hall–Kier alpha value is -0.720. The lowest BCUT2D eigenvalue weighted by Crippen LogP contribution is -2.22. The Balaban J connectivity index is 2.80. The molecule has 0 aliphatic rings. The third kappa shape index (κ3) is 4.11. The van der Waals surface area contributed by atoms with Crippen molar-refractivity contribution in [2.75, 3.05) is 23.3 Å². The molecule has 1 aromatic carbocycles. The molecule has 4 nitrogen and oxygen atoms in total. The van der Waals surface area contributed by atoms with E-state index in [0.29, 0.717) is 5.69 Å². The molecule has 0 saturated carbocycles. The highest BCUT2D eigenvalue weighted by molar-refractivity contribution is 7.98. The summed E-state index contributed by atoms with van der Waals surface area (Å²) in [4.78, 5) is 1.02. The van der Waals surface area contributed by atoms with Crippen LogP contribution < -0.4 is 10.5 Å². The first-order valence-electron chi connectivity index (χ1n) is 4.42. The van der Waals surface area contributed by atoms with Crippen LogP contribution in [-0.4, -0.2) is 27.0 Å². The van der Waals surface area contributed by atoms with Crippen molar-refractivity contribution in [2.45, 2.75) is 4.90 Å². The van der Waals surface area contributed by atoms with E-state index in [0.717, 1.165) is 4.90 Å². The summed E-state index contributed by atoms with van der Waals surface area (Å²) in [7, 11) is -3.29. The van der Waals surface area contributed by atoms with Crippen LogP contribution >= 0.6 is 11.8 Å². The maximum absolute atomic E-state index is 11.4. The van der Waals surface area contributed by atoms with E-state index in [2.05, 4.69) is 4.72 Å². The van der Waals surface area contributed by atoms with Gasteiger partial charge in [-0.15, -0.1) is 11.8 Å². The molecule has 0 radical (unpaired) electrons. The Morgan fingerprint density at radius 2 is 2.20 bits per heavy atom. The fraction of sp³-hybridized carbons (Fsp3) is 0.333. The third-order valence-electron chi connectivity index (χ3n) is 1.73. The third-order valence-corrected chi connectivity index (χ3v) is 3.77. The summed E-state index contributed by atoms with van der Waals surface area (Å²) in [6.07, 6.45) is 1.94. The zero-order valence-corrected chi connectivity index (χ0v) is 10.1. The van der Waals surface area contributed by atoms with Gasteiger partial charge in [-0.3, -0.25) is 4.72 Å². The van der Waals surface area contributed by atoms with Gasteiger partial charge in [-0.2, -0.15) is 0 Å². The number of hydrogen-bond acceptors (Lipinski definition) is 4. The number of thioether (sulfide) groups is 1. The Kier molecular flexibility index (Phi) is 4.44. The summed E-state index contributed by atoms with van der Waals surface area (Å²) < 4.78 is 25.3. The summed E-state index contributed by atoms with van der Waals surface area (Å²) >= 11 is 1.56. The Morgan fingerprint density at radius 1 is 1.47 bits per heavy atom. The number of rotatable bonds is 5. The lowest BCUT2D eigenvalue weighted by atomic mass is 10.3. The van der Waals surface area contributed by atoms with Gasteiger partial charge in [-0.25, -0.2) is 8.42 Å². The molecule has 6 heteroatoms. The molecule has 84 valence electrons. The van der Waals surface area contributed by atoms with Gasteiger partial charge in [0.1, 0.15) is 0 Å². The van der Waals surface area contributed by atoms with Crippen molar-refractivity contribution in [3.05, 3.63) is 24.3 Å². The maximum Gasteiger partial charge on any atom is 0.233 e. The van der Waals surface area contributed by atoms with Crippen molar-refractivity contribution in [2.24, 2.45) is 5.73 Å². The van der Waals surface area contributed by atoms with Gasteiger partial charge >= 0.3 is 0 Å². The van der Waals surface area contributed by atoms with E-state index < -0.39 is 10.0 Å². The van der Waals surface area contributed by atoms with Crippen molar-refractivity contribution < 1.29 is 8.42 Å². The molecule has 1 rings (SSSR count). The molecule has 0 heterocycles. The molecule has 0 aromatic heterocycles. The second-order valence-electron chi connectivity index (χ2n) is 2.94. The summed E-state index contributed by atoms with van der Waals surface area (Å²) in [6.45, 7) is 0.123. The van der Waals surface area contributed by atoms with Gasteiger partial charge < -0.3 is 5.73 Å². The zero-order valence-electron chi connectivity index (χ0n) is 8.43. The lowest BCUT2D eigenvalue weighted by Gasteiger charge is -2.07. The molecule has 0 atom stereocenters. The highest BCUT2D eigenvalue weighted by Gasteiger charge is 2.08. The first kappa shape index (κ1) is 12.4. The average molecular weight is 246 g/mol. The van der Waals surface area contributed by atoms with Gasteiger partial charge in [0.2, 0.25) is 10.0 Å². The number of hydrogen-bond donors (Lipinski definition) is 2. The number of benzene rings is 1. The van der Waals surface area contributed by atoms with Crippen LogP contribution in [0.2, 0.25) is 0 Å². The Morgan fingerprint density at radius 3 is 2.80 bits per heavy atom. The predicted octanol–water partition coefficient (Wildman–Crippen LogP) is 1.11. The predicted molar refractivity (Wildman–Crippen MR) is 64.7 cm³/mol. The standard InChI is InChI=1S/C9H14N2O2S2/c1-14-9-4-2-3-8(7-9)11-15(12,13)6-5-10/h2-4,7,11H,5-6,10H2,1H3. The zero-order chi connectivity index (χ0) is 11.3. The minimum Gasteiger partial charge on any atom is -0.329 e. The van der Waals surface area contributed by atoms with Gasteiger partial charge in [0.05, 0.1) is 5.75 Å². The molecule has 0 saturated heterocycles. The van der Waals surface area contributed by atoms with E-state index in [1.54, 1.807) is 23.9 Å². The van der Waals surface area contributed by atoms with Crippen molar-refractivity contribution >= 4 is 27.5 Å². The Labute approximate surface area is 94.3 Å². The average Bonchev–Trinajstić information content (AvgIpc) is 2.17. The second kappa shape index (κ2) is 5.39. The van der Waals surface area contributed by atoms with Gasteiger partial charge in [-0.05, 0) is 24.5 Å². The van der Waals surface area contributed by atoms with Gasteiger partial charge in [0, 0.05) is 17.1 Å². The Bertz CT molecular complexity index is 418. The minimum atomic E-state index is -3.29. The minimum absolute atomic E-state index is 0.0590. The molecule has 0 bridgehead atoms. The molecular weight excluding hydrogens is 232 g/mol. The summed E-state index contributed by atoms with van der Waals surface area (Å²) in [5.74, 6) is -0.0590. The maximum atomic E-state index is 11.4. The largest absolute Gasteiger partial charge is 0.329 e. The number of sulfonamides is 1. The highest BCUT2D eigenvalue weighted by atomic mass is 32.2. The first-order valence-corrected chi connectivity index (χ1v) is 7.30. The second-order valence-corrected chi connectivity index (χ2v) is 5.66. The van der Waals surface area contributed by atoms with Gasteiger partial charge in [0.15, 0.2) is 0 Å². The van der Waals surface area contributed by atoms with Crippen LogP contribution in [0.25, 0.3) is 0 Å². The smallest absolute Gasteiger partial charge is 0.233 e. The van der Waals surface area contributed by atoms with Crippen LogP contribution in [0.4, 0.5) is 5.69 Å². The molecule has 0 spiro atoms. The van der Waals surface area contributed by atoms with Crippen LogP contribution in [0.3, 0.4) is 0 Å². The molecule has 0 fully saturated rings. The van der Waals surface area contributed by atoms with Crippen LogP contribution in [0.15, 0.2) is 29.2 Å². The summed E-state index contributed by atoms with van der Waals surface area (Å²) in [5.41, 5.74) is 5.78. The van der Waals surface area contributed by atoms with Crippen molar-refractivity contribution in [1.82, 2.24) is 0 Å². The fourth-order valence-electron chi connectivity index (χ4n) is 1.07. The molecule has 0 aliphatic carbocycles. The van der Waals surface area contributed by atoms with Crippen molar-refractivity contribution in [1.29, 1.82) is 0 Å². The van der Waals surface area contributed by atoms with Crippen molar-refractivity contribution in [3.63, 3.8) is 0 Å². The molecule has 0 amide bonds.